The highest BCUT2D eigenvalue weighted by molar-refractivity contribution is 5.99. The van der Waals surface area contributed by atoms with Crippen molar-refractivity contribution in [2.75, 3.05) is 11.9 Å². The lowest BCUT2D eigenvalue weighted by molar-refractivity contribution is -0.119. The maximum absolute atomic E-state index is 13.5. The molecule has 0 fully saturated rings. The van der Waals surface area contributed by atoms with Gasteiger partial charge in [-0.25, -0.2) is 13.6 Å². The van der Waals surface area contributed by atoms with Gasteiger partial charge in [-0.15, -0.1) is 0 Å². The highest BCUT2D eigenvalue weighted by Gasteiger charge is 2.16. The minimum absolute atomic E-state index is 0.299. The number of anilines is 1. The third kappa shape index (κ3) is 4.55. The standard InChI is InChI=1S/C21H15F2NO3/c22-15-10-11-18(23)19(12-15)24-20(25)13-27-21(26)17-9-5-4-8-16(17)14-6-2-1-3-7-14/h1-12H,13H2,(H,24,25). The average Bonchev–Trinajstić information content (AvgIpc) is 2.69. The molecular weight excluding hydrogens is 352 g/mol. The Morgan fingerprint density at radius 2 is 1.59 bits per heavy atom. The smallest absolute Gasteiger partial charge is 0.339 e. The van der Waals surface area contributed by atoms with Gasteiger partial charge in [-0.3, -0.25) is 4.79 Å². The maximum atomic E-state index is 13.5. The predicted molar refractivity (Wildman–Crippen MR) is 97.1 cm³/mol. The number of benzene rings is 3. The average molecular weight is 367 g/mol. The van der Waals surface area contributed by atoms with Gasteiger partial charge in [0.25, 0.3) is 5.91 Å². The van der Waals surface area contributed by atoms with E-state index in [1.54, 1.807) is 24.3 Å². The van der Waals surface area contributed by atoms with Gasteiger partial charge in [-0.1, -0.05) is 48.5 Å². The molecule has 3 aromatic rings. The van der Waals surface area contributed by atoms with Crippen LogP contribution in [0.15, 0.2) is 72.8 Å². The molecule has 1 amide bonds. The molecule has 3 rings (SSSR count). The third-order valence-electron chi connectivity index (χ3n) is 3.77. The Balaban J connectivity index is 1.68. The van der Waals surface area contributed by atoms with Crippen molar-refractivity contribution in [2.45, 2.75) is 0 Å². The van der Waals surface area contributed by atoms with Crippen LogP contribution < -0.4 is 5.32 Å². The second-order valence-corrected chi connectivity index (χ2v) is 5.66. The van der Waals surface area contributed by atoms with Gasteiger partial charge in [-0.05, 0) is 29.3 Å². The van der Waals surface area contributed by atoms with Crippen molar-refractivity contribution in [3.05, 3.63) is 90.0 Å². The van der Waals surface area contributed by atoms with Gasteiger partial charge < -0.3 is 10.1 Å². The first-order chi connectivity index (χ1) is 13.0. The van der Waals surface area contributed by atoms with Gasteiger partial charge in [0.15, 0.2) is 6.61 Å². The van der Waals surface area contributed by atoms with Crippen molar-refractivity contribution in [1.82, 2.24) is 0 Å². The van der Waals surface area contributed by atoms with Crippen LogP contribution in [0.25, 0.3) is 11.1 Å². The van der Waals surface area contributed by atoms with Gasteiger partial charge in [0.1, 0.15) is 11.6 Å². The molecule has 6 heteroatoms. The highest BCUT2D eigenvalue weighted by atomic mass is 19.1. The normalized spacial score (nSPS) is 10.3. The Morgan fingerprint density at radius 3 is 2.37 bits per heavy atom. The maximum Gasteiger partial charge on any atom is 0.339 e. The Morgan fingerprint density at radius 1 is 0.889 bits per heavy atom. The van der Waals surface area contributed by atoms with Crippen LogP contribution in [0.3, 0.4) is 0 Å². The van der Waals surface area contributed by atoms with Gasteiger partial charge >= 0.3 is 5.97 Å². The van der Waals surface area contributed by atoms with Crippen LogP contribution in [-0.2, 0) is 9.53 Å². The van der Waals surface area contributed by atoms with Crippen molar-refractivity contribution in [1.29, 1.82) is 0 Å². The van der Waals surface area contributed by atoms with E-state index in [-0.39, 0.29) is 5.69 Å². The molecule has 4 nitrogen and oxygen atoms in total. The number of carbonyl (C=O) groups is 2. The van der Waals surface area contributed by atoms with E-state index in [1.807, 2.05) is 30.3 Å². The number of halogens is 2. The fourth-order valence-corrected chi connectivity index (χ4v) is 2.52. The van der Waals surface area contributed by atoms with Crippen LogP contribution in [0.4, 0.5) is 14.5 Å². The van der Waals surface area contributed by atoms with Crippen molar-refractivity contribution in [3.63, 3.8) is 0 Å². The van der Waals surface area contributed by atoms with Crippen LogP contribution >= 0.6 is 0 Å². The molecule has 0 spiro atoms. The Hall–Kier alpha value is -3.54. The topological polar surface area (TPSA) is 55.4 Å². The molecule has 0 aromatic heterocycles. The second kappa shape index (κ2) is 8.23. The van der Waals surface area contributed by atoms with Crippen molar-refractivity contribution < 1.29 is 23.1 Å². The van der Waals surface area contributed by atoms with Crippen molar-refractivity contribution in [3.8, 4) is 11.1 Å². The third-order valence-corrected chi connectivity index (χ3v) is 3.77. The summed E-state index contributed by atoms with van der Waals surface area (Å²) in [6.45, 7) is -0.627. The number of carbonyl (C=O) groups excluding carboxylic acids is 2. The molecule has 0 aliphatic carbocycles. The molecule has 0 unspecified atom stereocenters. The molecule has 0 heterocycles. The largest absolute Gasteiger partial charge is 0.452 e. The zero-order chi connectivity index (χ0) is 19.2. The van der Waals surface area contributed by atoms with E-state index in [2.05, 4.69) is 5.32 Å². The molecule has 3 aromatic carbocycles. The minimum atomic E-state index is -0.787. The van der Waals surface area contributed by atoms with Gasteiger partial charge in [0, 0.05) is 6.07 Å². The van der Waals surface area contributed by atoms with Gasteiger partial charge in [-0.2, -0.15) is 0 Å². The summed E-state index contributed by atoms with van der Waals surface area (Å²) in [6, 6.07) is 18.8. The fourth-order valence-electron chi connectivity index (χ4n) is 2.52. The number of nitrogens with one attached hydrogen (secondary N) is 1. The molecular formula is C21H15F2NO3. The first-order valence-corrected chi connectivity index (χ1v) is 8.11. The molecule has 0 saturated carbocycles. The Bertz CT molecular complexity index is 974. The van der Waals surface area contributed by atoms with E-state index in [4.69, 9.17) is 4.74 Å². The van der Waals surface area contributed by atoms with E-state index in [9.17, 15) is 18.4 Å². The molecule has 27 heavy (non-hydrogen) atoms. The van der Waals surface area contributed by atoms with Crippen LogP contribution in [0, 0.1) is 11.6 Å². The molecule has 0 radical (unpaired) electrons. The highest BCUT2D eigenvalue weighted by Crippen LogP contribution is 2.24. The Labute approximate surface area is 154 Å². The first-order valence-electron chi connectivity index (χ1n) is 8.11. The number of hydrogen-bond donors (Lipinski definition) is 1. The van der Waals surface area contributed by atoms with Crippen LogP contribution in [0.2, 0.25) is 0 Å². The molecule has 0 saturated heterocycles. The SMILES string of the molecule is O=C(COC(=O)c1ccccc1-c1ccccc1)Nc1cc(F)ccc1F. The summed E-state index contributed by atoms with van der Waals surface area (Å²) in [5, 5.41) is 2.17. The Kier molecular flexibility index (Phi) is 5.56. The number of esters is 1. The number of ether oxygens (including phenoxy) is 1. The minimum Gasteiger partial charge on any atom is -0.452 e. The zero-order valence-electron chi connectivity index (χ0n) is 14.1. The summed E-state index contributed by atoms with van der Waals surface area (Å²) in [5.74, 6) is -2.94. The van der Waals surface area contributed by atoms with Gasteiger partial charge in [0.2, 0.25) is 0 Å². The number of hydrogen-bond acceptors (Lipinski definition) is 3. The second-order valence-electron chi connectivity index (χ2n) is 5.66. The first kappa shape index (κ1) is 18.3. The lowest BCUT2D eigenvalue weighted by atomic mass is 10.00. The lowest BCUT2D eigenvalue weighted by Gasteiger charge is -2.10. The molecule has 136 valence electrons. The molecule has 0 bridgehead atoms. The van der Waals surface area contributed by atoms with Crippen molar-refractivity contribution >= 4 is 17.6 Å². The predicted octanol–water partition coefficient (Wildman–Crippen LogP) is 4.43. The zero-order valence-corrected chi connectivity index (χ0v) is 14.1. The lowest BCUT2D eigenvalue weighted by Crippen LogP contribution is -2.21. The molecule has 0 aliphatic heterocycles. The van der Waals surface area contributed by atoms with Crippen molar-refractivity contribution in [2.24, 2.45) is 0 Å². The summed E-state index contributed by atoms with van der Waals surface area (Å²) < 4.78 is 31.7. The van der Waals surface area contributed by atoms with E-state index in [0.717, 1.165) is 23.8 Å². The van der Waals surface area contributed by atoms with Crippen LogP contribution in [0.1, 0.15) is 10.4 Å². The van der Waals surface area contributed by atoms with Crippen LogP contribution in [-0.4, -0.2) is 18.5 Å². The molecule has 0 aliphatic rings. The number of rotatable bonds is 5. The monoisotopic (exact) mass is 367 g/mol. The van der Waals surface area contributed by atoms with E-state index >= 15 is 0 Å². The van der Waals surface area contributed by atoms with Gasteiger partial charge in [0.05, 0.1) is 11.3 Å². The number of amides is 1. The van der Waals surface area contributed by atoms with E-state index in [0.29, 0.717) is 11.1 Å². The fraction of sp³-hybridized carbons (Fsp3) is 0.0476. The molecule has 0 atom stereocenters. The van der Waals surface area contributed by atoms with Crippen LogP contribution in [0.5, 0.6) is 0 Å². The summed E-state index contributed by atoms with van der Waals surface area (Å²) in [6.07, 6.45) is 0. The summed E-state index contributed by atoms with van der Waals surface area (Å²) in [4.78, 5) is 24.3. The summed E-state index contributed by atoms with van der Waals surface area (Å²) in [7, 11) is 0. The summed E-state index contributed by atoms with van der Waals surface area (Å²) in [5.41, 5.74) is 1.48. The van der Waals surface area contributed by atoms with E-state index in [1.165, 1.54) is 0 Å². The summed E-state index contributed by atoms with van der Waals surface area (Å²) >= 11 is 0. The van der Waals surface area contributed by atoms with E-state index < -0.39 is 30.1 Å². The molecule has 1 N–H and O–H groups in total. The quantitative estimate of drug-likeness (QED) is 0.679.